The summed E-state index contributed by atoms with van der Waals surface area (Å²) in [4.78, 5) is 11.6. The van der Waals surface area contributed by atoms with Crippen LogP contribution in [-0.4, -0.2) is 23.5 Å². The molecule has 0 saturated heterocycles. The number of hydrogen-bond acceptors (Lipinski definition) is 2. The molecule has 2 nitrogen and oxygen atoms in total. The second-order valence-electron chi connectivity index (χ2n) is 7.05. The normalized spacial score (nSPS) is 30.1. The second-order valence-corrected chi connectivity index (χ2v) is 8.44. The first-order valence-electron chi connectivity index (χ1n) is 7.84. The van der Waals surface area contributed by atoms with Crippen molar-refractivity contribution in [3.8, 4) is 0 Å². The SMILES string of the molecule is CC(=O)C(NCCC1CCCCC(C)(P)C1)C(C)C. The van der Waals surface area contributed by atoms with Gasteiger partial charge in [-0.15, -0.1) is 9.24 Å². The molecule has 0 bridgehead atoms. The van der Waals surface area contributed by atoms with Crippen molar-refractivity contribution in [2.45, 2.75) is 77.4 Å². The second kappa shape index (κ2) is 7.74. The predicted molar refractivity (Wildman–Crippen MR) is 86.6 cm³/mol. The van der Waals surface area contributed by atoms with Crippen LogP contribution in [0.5, 0.6) is 0 Å². The lowest BCUT2D eigenvalue weighted by molar-refractivity contribution is -0.119. The van der Waals surface area contributed by atoms with Gasteiger partial charge in [0.05, 0.1) is 6.04 Å². The fourth-order valence-electron chi connectivity index (χ4n) is 3.36. The van der Waals surface area contributed by atoms with Gasteiger partial charge >= 0.3 is 0 Å². The van der Waals surface area contributed by atoms with Gasteiger partial charge in [0.25, 0.3) is 0 Å². The molecule has 0 aliphatic heterocycles. The van der Waals surface area contributed by atoms with Crippen LogP contribution in [0, 0.1) is 11.8 Å². The third-order valence-corrected chi connectivity index (χ3v) is 4.91. The van der Waals surface area contributed by atoms with Crippen molar-refractivity contribution in [1.29, 1.82) is 0 Å². The van der Waals surface area contributed by atoms with Crippen molar-refractivity contribution in [1.82, 2.24) is 5.32 Å². The van der Waals surface area contributed by atoms with Gasteiger partial charge in [-0.2, -0.15) is 0 Å². The Hall–Kier alpha value is 0.0600. The summed E-state index contributed by atoms with van der Waals surface area (Å²) in [6.07, 6.45) is 7.95. The Morgan fingerprint density at radius 1 is 1.42 bits per heavy atom. The van der Waals surface area contributed by atoms with Crippen LogP contribution in [0.15, 0.2) is 0 Å². The first-order chi connectivity index (χ1) is 8.82. The van der Waals surface area contributed by atoms with Crippen molar-refractivity contribution < 1.29 is 4.79 Å². The summed E-state index contributed by atoms with van der Waals surface area (Å²) in [6.45, 7) is 9.28. The van der Waals surface area contributed by atoms with E-state index in [1.54, 1.807) is 6.92 Å². The molecular weight excluding hydrogens is 253 g/mol. The molecule has 4 unspecified atom stereocenters. The van der Waals surface area contributed by atoms with Gasteiger partial charge in [0, 0.05) is 0 Å². The molecular formula is C16H32NOP. The van der Waals surface area contributed by atoms with Crippen LogP contribution >= 0.6 is 9.24 Å². The smallest absolute Gasteiger partial charge is 0.146 e. The third-order valence-electron chi connectivity index (χ3n) is 4.39. The number of rotatable bonds is 6. The highest BCUT2D eigenvalue weighted by atomic mass is 31.0. The monoisotopic (exact) mass is 285 g/mol. The van der Waals surface area contributed by atoms with Gasteiger partial charge in [-0.25, -0.2) is 0 Å². The lowest BCUT2D eigenvalue weighted by Gasteiger charge is -2.27. The number of ketones is 1. The topological polar surface area (TPSA) is 29.1 Å². The molecule has 0 aromatic rings. The average molecular weight is 285 g/mol. The Morgan fingerprint density at radius 2 is 2.11 bits per heavy atom. The molecule has 1 aliphatic rings. The molecule has 3 heteroatoms. The van der Waals surface area contributed by atoms with Gasteiger partial charge in [0.1, 0.15) is 5.78 Å². The van der Waals surface area contributed by atoms with E-state index in [0.717, 1.165) is 12.5 Å². The minimum absolute atomic E-state index is 0.0353. The van der Waals surface area contributed by atoms with Gasteiger partial charge in [-0.1, -0.05) is 40.0 Å². The lowest BCUT2D eigenvalue weighted by Crippen LogP contribution is -2.40. The molecule has 19 heavy (non-hydrogen) atoms. The van der Waals surface area contributed by atoms with E-state index in [1.807, 2.05) is 0 Å². The van der Waals surface area contributed by atoms with E-state index in [-0.39, 0.29) is 11.8 Å². The highest BCUT2D eigenvalue weighted by Crippen LogP contribution is 2.38. The zero-order chi connectivity index (χ0) is 14.5. The summed E-state index contributed by atoms with van der Waals surface area (Å²) in [5.74, 6) is 1.47. The van der Waals surface area contributed by atoms with Gasteiger partial charge in [-0.05, 0) is 49.7 Å². The summed E-state index contributed by atoms with van der Waals surface area (Å²) in [6, 6.07) is 0.0353. The van der Waals surface area contributed by atoms with Crippen LogP contribution in [0.25, 0.3) is 0 Å². The van der Waals surface area contributed by atoms with Crippen molar-refractivity contribution in [3.63, 3.8) is 0 Å². The molecule has 0 amide bonds. The molecule has 4 atom stereocenters. The molecule has 1 fully saturated rings. The number of hydrogen-bond donors (Lipinski definition) is 1. The Labute approximate surface area is 121 Å². The Balaban J connectivity index is 2.37. The molecule has 1 N–H and O–H groups in total. The van der Waals surface area contributed by atoms with E-state index in [4.69, 9.17) is 0 Å². The van der Waals surface area contributed by atoms with Crippen molar-refractivity contribution >= 4 is 15.0 Å². The number of carbonyl (C=O) groups excluding carboxylic acids is 1. The first-order valence-corrected chi connectivity index (χ1v) is 8.42. The summed E-state index contributed by atoms with van der Waals surface area (Å²) in [5.41, 5.74) is 0. The fraction of sp³-hybridized carbons (Fsp3) is 0.938. The predicted octanol–water partition coefficient (Wildman–Crippen LogP) is 3.79. The molecule has 0 aromatic carbocycles. The lowest BCUT2D eigenvalue weighted by atomic mass is 9.91. The minimum Gasteiger partial charge on any atom is -0.307 e. The van der Waals surface area contributed by atoms with Crippen molar-refractivity contribution in [3.05, 3.63) is 0 Å². The zero-order valence-electron chi connectivity index (χ0n) is 13.2. The van der Waals surface area contributed by atoms with Crippen LogP contribution in [-0.2, 0) is 4.79 Å². The van der Waals surface area contributed by atoms with Crippen molar-refractivity contribution in [2.24, 2.45) is 11.8 Å². The Kier molecular flexibility index (Phi) is 6.97. The van der Waals surface area contributed by atoms with E-state index >= 15 is 0 Å². The van der Waals surface area contributed by atoms with E-state index in [1.165, 1.54) is 38.5 Å². The molecule has 1 rings (SSSR count). The largest absolute Gasteiger partial charge is 0.307 e. The molecule has 0 spiro atoms. The van der Waals surface area contributed by atoms with Gasteiger partial charge in [0.15, 0.2) is 0 Å². The van der Waals surface area contributed by atoms with Crippen LogP contribution in [0.1, 0.15) is 66.2 Å². The molecule has 0 heterocycles. The Bertz CT molecular complexity index is 288. The maximum atomic E-state index is 11.6. The third kappa shape index (κ3) is 6.36. The molecule has 1 saturated carbocycles. The highest BCUT2D eigenvalue weighted by Gasteiger charge is 2.26. The summed E-state index contributed by atoms with van der Waals surface area (Å²) < 4.78 is 0. The van der Waals surface area contributed by atoms with Crippen molar-refractivity contribution in [2.75, 3.05) is 6.54 Å². The number of nitrogens with one attached hydrogen (secondary N) is 1. The molecule has 0 aromatic heterocycles. The van der Waals surface area contributed by atoms with Gasteiger partial charge in [-0.3, -0.25) is 4.79 Å². The van der Waals surface area contributed by atoms with Crippen LogP contribution < -0.4 is 5.32 Å². The van der Waals surface area contributed by atoms with Gasteiger partial charge in [0.2, 0.25) is 0 Å². The average Bonchev–Trinajstić information content (AvgIpc) is 2.44. The number of carbonyl (C=O) groups is 1. The standard InChI is InChI=1S/C16H32NOP/c1-12(2)15(13(3)18)17-10-8-14-7-5-6-9-16(4,19)11-14/h12,14-15,17H,5-11,19H2,1-4H3. The summed E-state index contributed by atoms with van der Waals surface area (Å²) in [7, 11) is 3.06. The Morgan fingerprint density at radius 3 is 2.68 bits per heavy atom. The zero-order valence-corrected chi connectivity index (χ0v) is 14.3. The van der Waals surface area contributed by atoms with E-state index in [0.29, 0.717) is 11.1 Å². The molecule has 1 aliphatic carbocycles. The fourth-order valence-corrected chi connectivity index (χ4v) is 3.90. The molecule has 0 radical (unpaired) electrons. The minimum atomic E-state index is 0.0353. The number of Topliss-reactive ketones (excluding diaryl/α,β-unsaturated/α-hetero) is 1. The molecule has 112 valence electrons. The quantitative estimate of drug-likeness (QED) is 0.594. The van der Waals surface area contributed by atoms with Crippen LogP contribution in [0.4, 0.5) is 0 Å². The maximum Gasteiger partial charge on any atom is 0.146 e. The van der Waals surface area contributed by atoms with Crippen LogP contribution in [0.2, 0.25) is 0 Å². The van der Waals surface area contributed by atoms with Gasteiger partial charge < -0.3 is 5.32 Å². The highest BCUT2D eigenvalue weighted by molar-refractivity contribution is 7.18. The summed E-state index contributed by atoms with van der Waals surface area (Å²) in [5, 5.41) is 3.89. The summed E-state index contributed by atoms with van der Waals surface area (Å²) >= 11 is 0. The van der Waals surface area contributed by atoms with E-state index < -0.39 is 0 Å². The first kappa shape index (κ1) is 17.1. The maximum absolute atomic E-state index is 11.6. The van der Waals surface area contributed by atoms with E-state index in [9.17, 15) is 4.79 Å². The van der Waals surface area contributed by atoms with Crippen LogP contribution in [0.3, 0.4) is 0 Å². The van der Waals surface area contributed by atoms with E-state index in [2.05, 4.69) is 35.3 Å².